The normalized spacial score (nSPS) is 11.3. The Balaban J connectivity index is 3.03. The lowest BCUT2D eigenvalue weighted by Crippen LogP contribution is -2.42. The third-order valence-electron chi connectivity index (χ3n) is 2.07. The highest BCUT2D eigenvalue weighted by Crippen LogP contribution is 2.14. The third kappa shape index (κ3) is 3.22. The zero-order valence-corrected chi connectivity index (χ0v) is 8.93. The second kappa shape index (κ2) is 4.51. The maximum atomic E-state index is 12.1. The first-order chi connectivity index (χ1) is 7.33. The van der Waals surface area contributed by atoms with E-state index >= 15 is 0 Å². The highest BCUT2D eigenvalue weighted by molar-refractivity contribution is 5.94. The quantitative estimate of drug-likeness (QED) is 0.765. The van der Waals surface area contributed by atoms with Crippen LogP contribution < -0.4 is 9.88 Å². The second-order valence-corrected chi connectivity index (χ2v) is 3.41. The van der Waals surface area contributed by atoms with Gasteiger partial charge in [-0.05, 0) is 12.5 Å². The molecule has 1 rings (SSSR count). The van der Waals surface area contributed by atoms with Crippen LogP contribution in [0.1, 0.15) is 15.9 Å². The van der Waals surface area contributed by atoms with Crippen molar-refractivity contribution < 1.29 is 22.5 Å². The number of hydrogen-bond donors (Lipinski definition) is 1. The Bertz CT molecular complexity index is 402. The highest BCUT2D eigenvalue weighted by atomic mass is 19.4. The van der Waals surface area contributed by atoms with Gasteiger partial charge in [-0.2, -0.15) is 17.7 Å². The van der Waals surface area contributed by atoms with Crippen LogP contribution in [0.15, 0.2) is 18.5 Å². The summed E-state index contributed by atoms with van der Waals surface area (Å²) in [6, 6.07) is 1.48. The lowest BCUT2D eigenvalue weighted by Gasteiger charge is -2.05. The minimum atomic E-state index is -4.29. The molecule has 0 radical (unpaired) electrons. The van der Waals surface area contributed by atoms with Crippen LogP contribution in [0.5, 0.6) is 0 Å². The van der Waals surface area contributed by atoms with Gasteiger partial charge in [-0.15, -0.1) is 0 Å². The Morgan fingerprint density at radius 3 is 2.62 bits per heavy atom. The maximum Gasteiger partial charge on any atom is 0.448 e. The molecule has 1 amide bonds. The molecule has 16 heavy (non-hydrogen) atoms. The van der Waals surface area contributed by atoms with Crippen molar-refractivity contribution in [1.82, 2.24) is 5.32 Å². The zero-order valence-electron chi connectivity index (χ0n) is 8.93. The molecule has 0 atom stereocenters. The lowest BCUT2D eigenvalue weighted by molar-refractivity contribution is -0.719. The maximum absolute atomic E-state index is 12.1. The van der Waals surface area contributed by atoms with E-state index in [0.29, 0.717) is 5.56 Å². The predicted molar refractivity (Wildman–Crippen MR) is 50.8 cm³/mol. The molecule has 1 aromatic rings. The van der Waals surface area contributed by atoms with E-state index in [9.17, 15) is 18.0 Å². The van der Waals surface area contributed by atoms with Crippen molar-refractivity contribution in [3.63, 3.8) is 0 Å². The molecular formula is C10H12F3N2O+. The first kappa shape index (κ1) is 12.5. The van der Waals surface area contributed by atoms with E-state index < -0.39 is 18.6 Å². The largest absolute Gasteiger partial charge is 0.448 e. The molecule has 1 N–H and O–H groups in total. The Labute approximate surface area is 90.9 Å². The van der Waals surface area contributed by atoms with Gasteiger partial charge >= 0.3 is 6.18 Å². The fourth-order valence-corrected chi connectivity index (χ4v) is 1.29. The highest BCUT2D eigenvalue weighted by Gasteiger charge is 2.33. The number of alkyl halides is 3. The first-order valence-electron chi connectivity index (χ1n) is 4.62. The molecule has 88 valence electrons. The van der Waals surface area contributed by atoms with Crippen molar-refractivity contribution in [3.8, 4) is 0 Å². The van der Waals surface area contributed by atoms with E-state index in [4.69, 9.17) is 0 Å². The minimum Gasteiger partial charge on any atom is -0.355 e. The molecule has 1 heterocycles. The van der Waals surface area contributed by atoms with Crippen molar-refractivity contribution in [1.29, 1.82) is 0 Å². The van der Waals surface area contributed by atoms with E-state index in [2.05, 4.69) is 5.32 Å². The summed E-state index contributed by atoms with van der Waals surface area (Å²) in [6.45, 7) is 0.569. The van der Waals surface area contributed by atoms with Crippen molar-refractivity contribution in [3.05, 3.63) is 29.6 Å². The van der Waals surface area contributed by atoms with Gasteiger partial charge < -0.3 is 5.32 Å². The number of nitrogens with one attached hydrogen (secondary N) is 1. The van der Waals surface area contributed by atoms with E-state index in [1.54, 1.807) is 6.92 Å². The molecule has 0 aliphatic heterocycles. The molecule has 0 unspecified atom stereocenters. The predicted octanol–water partition coefficient (Wildman–Crippen LogP) is 1.20. The standard InChI is InChI=1S/C10H11F3N2O/c1-7-3-4-15(6-10(11,12)13)5-8(7)9(16)14-2/h3-5H,6H2,1-2H3/p+1. The van der Waals surface area contributed by atoms with E-state index in [1.807, 2.05) is 0 Å². The van der Waals surface area contributed by atoms with Gasteiger partial charge in [0.2, 0.25) is 6.54 Å². The molecule has 0 aliphatic rings. The summed E-state index contributed by atoms with van der Waals surface area (Å²) in [7, 11) is 1.43. The number of aromatic nitrogens is 1. The molecule has 0 aliphatic carbocycles. The van der Waals surface area contributed by atoms with Gasteiger partial charge in [-0.25, -0.2) is 0 Å². The van der Waals surface area contributed by atoms with Gasteiger partial charge in [0.25, 0.3) is 5.91 Å². The Hall–Kier alpha value is -1.59. The van der Waals surface area contributed by atoms with Gasteiger partial charge in [0, 0.05) is 13.1 Å². The topological polar surface area (TPSA) is 33.0 Å². The molecule has 0 bridgehead atoms. The molecule has 0 saturated carbocycles. The number of nitrogens with zero attached hydrogens (tertiary/aromatic N) is 1. The van der Waals surface area contributed by atoms with Gasteiger partial charge in [-0.3, -0.25) is 4.79 Å². The second-order valence-electron chi connectivity index (χ2n) is 3.41. The summed E-state index contributed by atoms with van der Waals surface area (Å²) in [5.41, 5.74) is 0.882. The smallest absolute Gasteiger partial charge is 0.355 e. The Kier molecular flexibility index (Phi) is 3.51. The average Bonchev–Trinajstić information content (AvgIpc) is 2.18. The lowest BCUT2D eigenvalue weighted by atomic mass is 10.1. The summed E-state index contributed by atoms with van der Waals surface area (Å²) in [5, 5.41) is 2.38. The van der Waals surface area contributed by atoms with Gasteiger partial charge in [0.15, 0.2) is 12.4 Å². The molecular weight excluding hydrogens is 221 g/mol. The van der Waals surface area contributed by atoms with Crippen molar-refractivity contribution in [2.45, 2.75) is 19.6 Å². The number of carbonyl (C=O) groups is 1. The number of hydrogen-bond acceptors (Lipinski definition) is 1. The summed E-state index contributed by atoms with van der Waals surface area (Å²) in [4.78, 5) is 11.3. The Morgan fingerprint density at radius 1 is 1.50 bits per heavy atom. The fraction of sp³-hybridized carbons (Fsp3) is 0.400. The summed E-state index contributed by atoms with van der Waals surface area (Å²) < 4.78 is 37.3. The van der Waals surface area contributed by atoms with Crippen LogP contribution in [-0.4, -0.2) is 19.1 Å². The molecule has 0 aromatic carbocycles. The summed E-state index contributed by atoms with van der Waals surface area (Å²) in [6.07, 6.45) is -1.79. The first-order valence-corrected chi connectivity index (χ1v) is 4.62. The Morgan fingerprint density at radius 2 is 2.12 bits per heavy atom. The number of aryl methyl sites for hydroxylation is 1. The minimum absolute atomic E-state index is 0.245. The van der Waals surface area contributed by atoms with Gasteiger partial charge in [-0.1, -0.05) is 0 Å². The summed E-state index contributed by atoms with van der Waals surface area (Å²) in [5.74, 6) is -0.394. The summed E-state index contributed by atoms with van der Waals surface area (Å²) >= 11 is 0. The number of amides is 1. The van der Waals surface area contributed by atoms with Crippen molar-refractivity contribution >= 4 is 5.91 Å². The van der Waals surface area contributed by atoms with Crippen LogP contribution in [-0.2, 0) is 6.54 Å². The molecule has 6 heteroatoms. The van der Waals surface area contributed by atoms with Gasteiger partial charge in [0.05, 0.1) is 0 Å². The third-order valence-corrected chi connectivity index (χ3v) is 2.07. The van der Waals surface area contributed by atoms with Crippen LogP contribution >= 0.6 is 0 Å². The molecule has 0 spiro atoms. The van der Waals surface area contributed by atoms with Gasteiger partial charge in [0.1, 0.15) is 5.56 Å². The molecule has 0 saturated heterocycles. The zero-order chi connectivity index (χ0) is 12.3. The number of rotatable bonds is 2. The van der Waals surface area contributed by atoms with Crippen molar-refractivity contribution in [2.24, 2.45) is 0 Å². The van der Waals surface area contributed by atoms with Crippen LogP contribution in [0.2, 0.25) is 0 Å². The van der Waals surface area contributed by atoms with E-state index in [-0.39, 0.29) is 5.56 Å². The van der Waals surface area contributed by atoms with Crippen molar-refractivity contribution in [2.75, 3.05) is 7.05 Å². The van der Waals surface area contributed by atoms with Crippen LogP contribution in [0.3, 0.4) is 0 Å². The number of halogens is 3. The number of carbonyl (C=O) groups excluding carboxylic acids is 1. The number of pyridine rings is 1. The van der Waals surface area contributed by atoms with Crippen LogP contribution in [0.4, 0.5) is 13.2 Å². The molecule has 0 fully saturated rings. The SMILES string of the molecule is CNC(=O)c1c[n+](CC(F)(F)F)ccc1C. The van der Waals surface area contributed by atoms with Crippen LogP contribution in [0, 0.1) is 6.92 Å². The van der Waals surface area contributed by atoms with E-state index in [1.165, 1.54) is 25.5 Å². The van der Waals surface area contributed by atoms with Crippen LogP contribution in [0.25, 0.3) is 0 Å². The molecule has 1 aromatic heterocycles. The average molecular weight is 233 g/mol. The monoisotopic (exact) mass is 233 g/mol. The fourth-order valence-electron chi connectivity index (χ4n) is 1.29. The molecule has 3 nitrogen and oxygen atoms in total. The van der Waals surface area contributed by atoms with E-state index in [0.717, 1.165) is 4.57 Å².